The maximum absolute atomic E-state index is 13.4. The Hall–Kier alpha value is -3.24. The quantitative estimate of drug-likeness (QED) is 0.557. The Labute approximate surface area is 182 Å². The van der Waals surface area contributed by atoms with Crippen molar-refractivity contribution in [3.05, 3.63) is 64.5 Å². The molecular weight excluding hydrogens is 425 g/mol. The topological polar surface area (TPSA) is 108 Å². The first-order valence-corrected chi connectivity index (χ1v) is 10.0. The molecule has 0 saturated carbocycles. The summed E-state index contributed by atoms with van der Waals surface area (Å²) in [5.41, 5.74) is 3.00. The predicted molar refractivity (Wildman–Crippen MR) is 112 cm³/mol. The Morgan fingerprint density at radius 3 is 2.94 bits per heavy atom. The molecule has 1 atom stereocenters. The highest BCUT2D eigenvalue weighted by Crippen LogP contribution is 2.23. The van der Waals surface area contributed by atoms with Gasteiger partial charge in [0.15, 0.2) is 0 Å². The van der Waals surface area contributed by atoms with Crippen molar-refractivity contribution in [3.63, 3.8) is 0 Å². The molecule has 9 nitrogen and oxygen atoms in total. The molecule has 4 rings (SSSR count). The van der Waals surface area contributed by atoms with Crippen molar-refractivity contribution in [1.29, 1.82) is 0 Å². The van der Waals surface area contributed by atoms with E-state index in [9.17, 15) is 14.3 Å². The van der Waals surface area contributed by atoms with Gasteiger partial charge in [-0.2, -0.15) is 5.10 Å². The minimum Gasteiger partial charge on any atom is -0.394 e. The molecule has 0 fully saturated rings. The van der Waals surface area contributed by atoms with Crippen LogP contribution in [0, 0.1) is 5.82 Å². The molecular formula is C20H21ClFN7O2. The molecule has 1 aliphatic rings. The molecule has 162 valence electrons. The number of nitrogens with zero attached hydrogens (tertiary/aromatic N) is 5. The lowest BCUT2D eigenvalue weighted by molar-refractivity contribution is 0.176. The van der Waals surface area contributed by atoms with Gasteiger partial charge in [0, 0.05) is 26.0 Å². The number of rotatable bonds is 5. The van der Waals surface area contributed by atoms with Gasteiger partial charge in [0.2, 0.25) is 5.95 Å². The van der Waals surface area contributed by atoms with Crippen LogP contribution in [-0.4, -0.2) is 48.9 Å². The number of fused-ring (bicyclic) bond motifs is 1. The summed E-state index contributed by atoms with van der Waals surface area (Å²) in [4.78, 5) is 23.3. The fourth-order valence-electron chi connectivity index (χ4n) is 3.36. The molecule has 2 aromatic heterocycles. The van der Waals surface area contributed by atoms with Crippen LogP contribution >= 0.6 is 11.6 Å². The summed E-state index contributed by atoms with van der Waals surface area (Å²) < 4.78 is 15.1. The Morgan fingerprint density at radius 1 is 1.39 bits per heavy atom. The number of nitrogens with one attached hydrogen (secondary N) is 2. The van der Waals surface area contributed by atoms with Gasteiger partial charge in [0.25, 0.3) is 0 Å². The highest BCUT2D eigenvalue weighted by atomic mass is 35.5. The average molecular weight is 446 g/mol. The lowest BCUT2D eigenvalue weighted by Gasteiger charge is -2.30. The second-order valence-corrected chi connectivity index (χ2v) is 7.63. The number of carbonyl (C=O) groups is 1. The van der Waals surface area contributed by atoms with Crippen LogP contribution in [0.4, 0.5) is 20.8 Å². The van der Waals surface area contributed by atoms with E-state index in [2.05, 4.69) is 25.7 Å². The van der Waals surface area contributed by atoms with E-state index in [1.54, 1.807) is 28.2 Å². The minimum absolute atomic E-state index is 0.0672. The monoisotopic (exact) mass is 445 g/mol. The van der Waals surface area contributed by atoms with Gasteiger partial charge in [-0.05, 0) is 29.7 Å². The van der Waals surface area contributed by atoms with Crippen molar-refractivity contribution in [2.24, 2.45) is 7.05 Å². The first kappa shape index (κ1) is 21.0. The van der Waals surface area contributed by atoms with Gasteiger partial charge in [-0.15, -0.1) is 0 Å². The number of benzene rings is 1. The number of urea groups is 1. The van der Waals surface area contributed by atoms with E-state index >= 15 is 0 Å². The van der Waals surface area contributed by atoms with Gasteiger partial charge in [-0.3, -0.25) is 4.68 Å². The van der Waals surface area contributed by atoms with Gasteiger partial charge >= 0.3 is 6.03 Å². The fraction of sp³-hybridized carbons (Fsp3) is 0.300. The Bertz CT molecular complexity index is 1110. The lowest BCUT2D eigenvalue weighted by Crippen LogP contribution is -2.45. The number of anilines is 2. The zero-order valence-electron chi connectivity index (χ0n) is 16.7. The number of aromatic nitrogens is 4. The highest BCUT2D eigenvalue weighted by Gasteiger charge is 2.25. The van der Waals surface area contributed by atoms with Crippen molar-refractivity contribution < 1.29 is 14.3 Å². The van der Waals surface area contributed by atoms with E-state index in [0.29, 0.717) is 31.0 Å². The van der Waals surface area contributed by atoms with Crippen molar-refractivity contribution in [2.45, 2.75) is 19.0 Å². The number of halogens is 2. The standard InChI is InChI=1S/C20H21ClFN7O2/c1-28-9-14(8-24-28)25-19-23-7-13-4-5-29(10-17(13)26-19)20(31)27-18(11-30)12-2-3-16(22)15(21)6-12/h2-3,6-9,18,30H,4-5,10-11H2,1H3,(H,27,31)(H,23,25,26)/t18-/m1/s1. The summed E-state index contributed by atoms with van der Waals surface area (Å²) in [7, 11) is 1.81. The molecule has 3 heterocycles. The van der Waals surface area contributed by atoms with Crippen LogP contribution in [0.15, 0.2) is 36.8 Å². The molecule has 1 aliphatic heterocycles. The van der Waals surface area contributed by atoms with Crippen LogP contribution in [0.25, 0.3) is 0 Å². The van der Waals surface area contributed by atoms with E-state index in [1.165, 1.54) is 18.2 Å². The first-order valence-electron chi connectivity index (χ1n) is 9.64. The molecule has 3 aromatic rings. The lowest BCUT2D eigenvalue weighted by atomic mass is 10.1. The predicted octanol–water partition coefficient (Wildman–Crippen LogP) is 2.55. The van der Waals surface area contributed by atoms with Gasteiger partial charge in [-0.1, -0.05) is 17.7 Å². The first-order chi connectivity index (χ1) is 14.9. The summed E-state index contributed by atoms with van der Waals surface area (Å²) in [6.45, 7) is 0.438. The van der Waals surface area contributed by atoms with Crippen LogP contribution in [0.1, 0.15) is 22.9 Å². The maximum atomic E-state index is 13.4. The third-order valence-electron chi connectivity index (χ3n) is 5.02. The number of hydrogen-bond acceptors (Lipinski definition) is 6. The highest BCUT2D eigenvalue weighted by molar-refractivity contribution is 6.30. The third kappa shape index (κ3) is 4.75. The smallest absolute Gasteiger partial charge is 0.318 e. The summed E-state index contributed by atoms with van der Waals surface area (Å²) in [5, 5.41) is 19.6. The number of aliphatic hydroxyl groups is 1. The van der Waals surface area contributed by atoms with Crippen LogP contribution < -0.4 is 10.6 Å². The van der Waals surface area contributed by atoms with Gasteiger partial charge < -0.3 is 20.6 Å². The second-order valence-electron chi connectivity index (χ2n) is 7.22. The van der Waals surface area contributed by atoms with E-state index in [4.69, 9.17) is 11.6 Å². The van der Waals surface area contributed by atoms with Crippen molar-refractivity contribution in [1.82, 2.24) is 30.0 Å². The Kier molecular flexibility index (Phi) is 6.01. The molecule has 0 bridgehead atoms. The normalized spacial score (nSPS) is 14.1. The molecule has 0 spiro atoms. The van der Waals surface area contributed by atoms with Crippen LogP contribution in [0.3, 0.4) is 0 Å². The molecule has 31 heavy (non-hydrogen) atoms. The van der Waals surface area contributed by atoms with Crippen molar-refractivity contribution in [2.75, 3.05) is 18.5 Å². The van der Waals surface area contributed by atoms with Crippen LogP contribution in [-0.2, 0) is 20.0 Å². The molecule has 0 saturated heterocycles. The molecule has 0 radical (unpaired) electrons. The number of aliphatic hydroxyl groups excluding tert-OH is 1. The average Bonchev–Trinajstić information content (AvgIpc) is 3.17. The largest absolute Gasteiger partial charge is 0.394 e. The molecule has 3 N–H and O–H groups in total. The molecule has 0 aliphatic carbocycles. The number of aryl methyl sites for hydroxylation is 1. The zero-order chi connectivity index (χ0) is 22.0. The second kappa shape index (κ2) is 8.86. The van der Waals surface area contributed by atoms with Crippen molar-refractivity contribution >= 4 is 29.3 Å². The molecule has 2 amide bonds. The van der Waals surface area contributed by atoms with Crippen molar-refractivity contribution in [3.8, 4) is 0 Å². The minimum atomic E-state index is -0.708. The van der Waals surface area contributed by atoms with Crippen LogP contribution in [0.2, 0.25) is 5.02 Å². The summed E-state index contributed by atoms with van der Waals surface area (Å²) >= 11 is 5.83. The molecule has 0 unspecified atom stereocenters. The number of amides is 2. The fourth-order valence-corrected chi connectivity index (χ4v) is 3.54. The Morgan fingerprint density at radius 2 is 2.23 bits per heavy atom. The number of carbonyl (C=O) groups excluding carboxylic acids is 1. The van der Waals surface area contributed by atoms with E-state index in [-0.39, 0.29) is 17.7 Å². The summed E-state index contributed by atoms with van der Waals surface area (Å²) in [5.74, 6) is -0.139. The molecule has 1 aromatic carbocycles. The third-order valence-corrected chi connectivity index (χ3v) is 5.31. The molecule has 11 heteroatoms. The Balaban J connectivity index is 1.44. The van der Waals surface area contributed by atoms with Gasteiger partial charge in [0.1, 0.15) is 5.82 Å². The SMILES string of the molecule is Cn1cc(Nc2ncc3c(n2)CN(C(=O)N[C@H](CO)c2ccc(F)c(Cl)c2)CC3)cn1. The number of hydrogen-bond donors (Lipinski definition) is 3. The van der Waals surface area contributed by atoms with E-state index < -0.39 is 11.9 Å². The van der Waals surface area contributed by atoms with Gasteiger partial charge in [0.05, 0.1) is 41.8 Å². The van der Waals surface area contributed by atoms with E-state index in [1.807, 2.05) is 7.05 Å². The maximum Gasteiger partial charge on any atom is 0.318 e. The summed E-state index contributed by atoms with van der Waals surface area (Å²) in [6.07, 6.45) is 5.84. The van der Waals surface area contributed by atoms with Gasteiger partial charge in [-0.25, -0.2) is 19.2 Å². The zero-order valence-corrected chi connectivity index (χ0v) is 17.5. The van der Waals surface area contributed by atoms with E-state index in [0.717, 1.165) is 16.9 Å². The van der Waals surface area contributed by atoms with Crippen LogP contribution in [0.5, 0.6) is 0 Å². The summed E-state index contributed by atoms with van der Waals surface area (Å²) in [6, 6.07) is 3.02.